The summed E-state index contributed by atoms with van der Waals surface area (Å²) in [7, 11) is 0. The second-order valence-corrected chi connectivity index (χ2v) is 3.15. The maximum atomic E-state index is 9.60. The number of aryl methyl sites for hydroxylation is 2. The standard InChI is InChI=1S/C11H12O2/c1-3-9-7(2)11-8(12)5-4-6-10(11)13-9/h4-6,12H,3H2,1-2H3. The molecule has 2 rings (SSSR count). The molecular formula is C11H12O2. The first-order valence-corrected chi connectivity index (χ1v) is 4.44. The molecule has 2 nitrogen and oxygen atoms in total. The molecule has 1 aromatic carbocycles. The predicted octanol–water partition coefficient (Wildman–Crippen LogP) is 3.01. The molecule has 0 spiro atoms. The van der Waals surface area contributed by atoms with Gasteiger partial charge in [-0.15, -0.1) is 0 Å². The molecule has 2 aromatic rings. The van der Waals surface area contributed by atoms with Gasteiger partial charge in [0.15, 0.2) is 0 Å². The molecule has 1 N–H and O–H groups in total. The van der Waals surface area contributed by atoms with Crippen molar-refractivity contribution in [2.45, 2.75) is 20.3 Å². The Morgan fingerprint density at radius 3 is 2.77 bits per heavy atom. The van der Waals surface area contributed by atoms with E-state index >= 15 is 0 Å². The quantitative estimate of drug-likeness (QED) is 0.724. The van der Waals surface area contributed by atoms with E-state index in [1.165, 1.54) is 0 Å². The van der Waals surface area contributed by atoms with Crippen LogP contribution in [-0.2, 0) is 6.42 Å². The number of hydrogen-bond donors (Lipinski definition) is 1. The van der Waals surface area contributed by atoms with E-state index in [0.29, 0.717) is 5.75 Å². The summed E-state index contributed by atoms with van der Waals surface area (Å²) in [6.45, 7) is 4.02. The molecule has 68 valence electrons. The minimum atomic E-state index is 0.304. The summed E-state index contributed by atoms with van der Waals surface area (Å²) in [5, 5.41) is 10.4. The fraction of sp³-hybridized carbons (Fsp3) is 0.273. The van der Waals surface area contributed by atoms with Crippen molar-refractivity contribution in [2.24, 2.45) is 0 Å². The number of benzene rings is 1. The van der Waals surface area contributed by atoms with Gasteiger partial charge in [-0.3, -0.25) is 0 Å². The van der Waals surface area contributed by atoms with Crippen LogP contribution in [0.4, 0.5) is 0 Å². The van der Waals surface area contributed by atoms with E-state index in [2.05, 4.69) is 0 Å². The molecule has 0 radical (unpaired) electrons. The summed E-state index contributed by atoms with van der Waals surface area (Å²) < 4.78 is 5.57. The molecule has 0 atom stereocenters. The molecule has 0 saturated heterocycles. The number of fused-ring (bicyclic) bond motifs is 1. The summed E-state index contributed by atoms with van der Waals surface area (Å²) in [5.41, 5.74) is 1.82. The highest BCUT2D eigenvalue weighted by Crippen LogP contribution is 2.32. The Hall–Kier alpha value is -1.44. The number of hydrogen-bond acceptors (Lipinski definition) is 2. The van der Waals surface area contributed by atoms with Crippen molar-refractivity contribution in [3.8, 4) is 5.75 Å². The lowest BCUT2D eigenvalue weighted by molar-refractivity contribution is 0.481. The van der Waals surface area contributed by atoms with Crippen molar-refractivity contribution in [3.63, 3.8) is 0 Å². The van der Waals surface area contributed by atoms with Crippen LogP contribution in [0.3, 0.4) is 0 Å². The molecule has 0 saturated carbocycles. The zero-order chi connectivity index (χ0) is 9.42. The second-order valence-electron chi connectivity index (χ2n) is 3.15. The fourth-order valence-corrected chi connectivity index (χ4v) is 1.67. The molecule has 0 aliphatic heterocycles. The van der Waals surface area contributed by atoms with Gasteiger partial charge in [0, 0.05) is 12.0 Å². The van der Waals surface area contributed by atoms with Crippen LogP contribution in [0.5, 0.6) is 5.75 Å². The molecule has 2 heteroatoms. The van der Waals surface area contributed by atoms with E-state index in [9.17, 15) is 5.11 Å². The third-order valence-corrected chi connectivity index (χ3v) is 2.35. The summed E-state index contributed by atoms with van der Waals surface area (Å²) in [4.78, 5) is 0. The van der Waals surface area contributed by atoms with Crippen LogP contribution in [0, 0.1) is 6.92 Å². The van der Waals surface area contributed by atoms with Gasteiger partial charge in [-0.2, -0.15) is 0 Å². The molecular weight excluding hydrogens is 164 g/mol. The highest BCUT2D eigenvalue weighted by molar-refractivity contribution is 5.87. The van der Waals surface area contributed by atoms with E-state index in [4.69, 9.17) is 4.42 Å². The molecule has 0 amide bonds. The second kappa shape index (κ2) is 2.80. The SMILES string of the molecule is CCc1oc2cccc(O)c2c1C. The van der Waals surface area contributed by atoms with Crippen LogP contribution in [-0.4, -0.2) is 5.11 Å². The summed E-state index contributed by atoms with van der Waals surface area (Å²) in [6.07, 6.45) is 0.861. The van der Waals surface area contributed by atoms with Crippen LogP contribution in [0.15, 0.2) is 22.6 Å². The maximum absolute atomic E-state index is 9.60. The normalized spacial score (nSPS) is 10.9. The minimum absolute atomic E-state index is 0.304. The number of furan rings is 1. The lowest BCUT2D eigenvalue weighted by Crippen LogP contribution is -1.77. The Balaban J connectivity index is 2.85. The number of aromatic hydroxyl groups is 1. The van der Waals surface area contributed by atoms with Crippen LogP contribution in [0.25, 0.3) is 11.0 Å². The van der Waals surface area contributed by atoms with Crippen molar-refractivity contribution in [1.82, 2.24) is 0 Å². The third kappa shape index (κ3) is 1.10. The van der Waals surface area contributed by atoms with Gasteiger partial charge < -0.3 is 9.52 Å². The predicted molar refractivity (Wildman–Crippen MR) is 52.0 cm³/mol. The monoisotopic (exact) mass is 176 g/mol. The molecule has 0 aliphatic rings. The van der Waals surface area contributed by atoms with E-state index in [0.717, 1.165) is 28.7 Å². The Morgan fingerprint density at radius 1 is 1.38 bits per heavy atom. The fourth-order valence-electron chi connectivity index (χ4n) is 1.67. The molecule has 1 heterocycles. The van der Waals surface area contributed by atoms with E-state index < -0.39 is 0 Å². The van der Waals surface area contributed by atoms with Crippen molar-refractivity contribution in [3.05, 3.63) is 29.5 Å². The first-order chi connectivity index (χ1) is 6.24. The Morgan fingerprint density at radius 2 is 2.15 bits per heavy atom. The summed E-state index contributed by atoms with van der Waals surface area (Å²) >= 11 is 0. The van der Waals surface area contributed by atoms with Gasteiger partial charge in [-0.25, -0.2) is 0 Å². The Kier molecular flexibility index (Phi) is 1.76. The topological polar surface area (TPSA) is 33.4 Å². The van der Waals surface area contributed by atoms with Crippen molar-refractivity contribution in [1.29, 1.82) is 0 Å². The van der Waals surface area contributed by atoms with Crippen LogP contribution < -0.4 is 0 Å². The smallest absolute Gasteiger partial charge is 0.138 e. The number of phenolic OH excluding ortho intramolecular Hbond substituents is 1. The van der Waals surface area contributed by atoms with Crippen molar-refractivity contribution >= 4 is 11.0 Å². The molecule has 13 heavy (non-hydrogen) atoms. The van der Waals surface area contributed by atoms with E-state index in [1.807, 2.05) is 19.9 Å². The summed E-state index contributed by atoms with van der Waals surface area (Å²) in [6, 6.07) is 5.35. The van der Waals surface area contributed by atoms with Gasteiger partial charge >= 0.3 is 0 Å². The highest BCUT2D eigenvalue weighted by atomic mass is 16.3. The molecule has 1 aromatic heterocycles. The van der Waals surface area contributed by atoms with Crippen molar-refractivity contribution in [2.75, 3.05) is 0 Å². The lowest BCUT2D eigenvalue weighted by Gasteiger charge is -1.93. The van der Waals surface area contributed by atoms with Crippen LogP contribution >= 0.6 is 0 Å². The van der Waals surface area contributed by atoms with Crippen LogP contribution in [0.2, 0.25) is 0 Å². The lowest BCUT2D eigenvalue weighted by atomic mass is 10.1. The van der Waals surface area contributed by atoms with Gasteiger partial charge in [-0.05, 0) is 19.1 Å². The average Bonchev–Trinajstić information content (AvgIpc) is 2.44. The van der Waals surface area contributed by atoms with E-state index in [-0.39, 0.29) is 0 Å². The largest absolute Gasteiger partial charge is 0.507 e. The number of rotatable bonds is 1. The molecule has 0 aliphatic carbocycles. The Labute approximate surface area is 76.8 Å². The van der Waals surface area contributed by atoms with Gasteiger partial charge in [0.2, 0.25) is 0 Å². The molecule has 0 bridgehead atoms. The highest BCUT2D eigenvalue weighted by Gasteiger charge is 2.11. The zero-order valence-corrected chi connectivity index (χ0v) is 7.79. The molecule has 0 fully saturated rings. The van der Waals surface area contributed by atoms with Gasteiger partial charge in [0.05, 0.1) is 5.39 Å². The van der Waals surface area contributed by atoms with Gasteiger partial charge in [0.1, 0.15) is 17.1 Å². The maximum Gasteiger partial charge on any atom is 0.138 e. The Bertz CT molecular complexity index is 441. The first-order valence-electron chi connectivity index (χ1n) is 4.44. The number of phenols is 1. The first kappa shape index (κ1) is 8.17. The van der Waals surface area contributed by atoms with Gasteiger partial charge in [-0.1, -0.05) is 13.0 Å². The van der Waals surface area contributed by atoms with Crippen LogP contribution in [0.1, 0.15) is 18.2 Å². The van der Waals surface area contributed by atoms with Crippen molar-refractivity contribution < 1.29 is 9.52 Å². The minimum Gasteiger partial charge on any atom is -0.507 e. The molecule has 0 unspecified atom stereocenters. The average molecular weight is 176 g/mol. The van der Waals surface area contributed by atoms with E-state index in [1.54, 1.807) is 12.1 Å². The third-order valence-electron chi connectivity index (χ3n) is 2.35. The summed E-state index contributed by atoms with van der Waals surface area (Å²) in [5.74, 6) is 1.26. The van der Waals surface area contributed by atoms with Gasteiger partial charge in [0.25, 0.3) is 0 Å². The zero-order valence-electron chi connectivity index (χ0n) is 7.79.